The molecule has 0 saturated heterocycles. The highest BCUT2D eigenvalue weighted by molar-refractivity contribution is 9.10. The van der Waals surface area contributed by atoms with E-state index in [9.17, 15) is 9.18 Å². The second-order valence-corrected chi connectivity index (χ2v) is 4.86. The highest BCUT2D eigenvalue weighted by Crippen LogP contribution is 2.18. The summed E-state index contributed by atoms with van der Waals surface area (Å²) in [6, 6.07) is 4.40. The smallest absolute Gasteiger partial charge is 0.199 e. The van der Waals surface area contributed by atoms with Gasteiger partial charge in [-0.2, -0.15) is 5.10 Å². The highest BCUT2D eigenvalue weighted by Gasteiger charge is 2.15. The number of aryl methyl sites for hydroxylation is 1. The summed E-state index contributed by atoms with van der Waals surface area (Å²) < 4.78 is 16.0. The van der Waals surface area contributed by atoms with Crippen LogP contribution in [0.2, 0.25) is 0 Å². The monoisotopic (exact) mass is 310 g/mol. The van der Waals surface area contributed by atoms with Crippen LogP contribution in [0, 0.1) is 5.82 Å². The quantitative estimate of drug-likeness (QED) is 0.811. The maximum absolute atomic E-state index is 13.7. The van der Waals surface area contributed by atoms with Crippen LogP contribution < -0.4 is 0 Å². The number of hydrogen-bond donors (Lipinski definition) is 0. The molecule has 18 heavy (non-hydrogen) atoms. The Bertz CT molecular complexity index is 580. The van der Waals surface area contributed by atoms with Crippen molar-refractivity contribution in [1.82, 2.24) is 9.78 Å². The van der Waals surface area contributed by atoms with Gasteiger partial charge >= 0.3 is 0 Å². The van der Waals surface area contributed by atoms with Crippen molar-refractivity contribution >= 4 is 21.7 Å². The summed E-state index contributed by atoms with van der Waals surface area (Å²) in [4.78, 5) is 12.1. The van der Waals surface area contributed by atoms with Crippen molar-refractivity contribution in [2.75, 3.05) is 0 Å². The van der Waals surface area contributed by atoms with Gasteiger partial charge in [0.25, 0.3) is 0 Å². The van der Waals surface area contributed by atoms with Crippen LogP contribution in [0.25, 0.3) is 0 Å². The maximum atomic E-state index is 13.7. The van der Waals surface area contributed by atoms with Gasteiger partial charge in [0, 0.05) is 17.2 Å². The van der Waals surface area contributed by atoms with Crippen molar-refractivity contribution in [3.63, 3.8) is 0 Å². The zero-order valence-corrected chi connectivity index (χ0v) is 11.4. The van der Waals surface area contributed by atoms with Crippen molar-refractivity contribution in [1.29, 1.82) is 0 Å². The normalized spacial score (nSPS) is 10.6. The molecule has 0 atom stereocenters. The summed E-state index contributed by atoms with van der Waals surface area (Å²) in [5.41, 5.74) is 0.471. The third-order valence-corrected chi connectivity index (χ3v) is 3.02. The molecule has 0 spiro atoms. The molecule has 2 rings (SSSR count). The fraction of sp³-hybridized carbons (Fsp3) is 0.231. The lowest BCUT2D eigenvalue weighted by atomic mass is 10.1. The van der Waals surface area contributed by atoms with Crippen molar-refractivity contribution in [3.05, 3.63) is 52.0 Å². The first-order chi connectivity index (χ1) is 8.61. The molecule has 0 aliphatic carbocycles. The Hall–Kier alpha value is -1.49. The van der Waals surface area contributed by atoms with E-state index in [1.807, 2.05) is 6.92 Å². The molecule has 0 fully saturated rings. The van der Waals surface area contributed by atoms with Crippen LogP contribution in [0.15, 0.2) is 35.1 Å². The molecule has 0 aliphatic rings. The Morgan fingerprint density at radius 2 is 2.28 bits per heavy atom. The van der Waals surface area contributed by atoms with E-state index < -0.39 is 5.82 Å². The number of halogens is 2. The fourth-order valence-corrected chi connectivity index (χ4v) is 1.99. The molecule has 2 aromatic rings. The van der Waals surface area contributed by atoms with Gasteiger partial charge in [-0.1, -0.05) is 22.9 Å². The molecule has 0 bridgehead atoms. The number of nitrogens with zero attached hydrogens (tertiary/aromatic N) is 2. The molecule has 1 aromatic heterocycles. The van der Waals surface area contributed by atoms with E-state index in [-0.39, 0.29) is 11.3 Å². The largest absolute Gasteiger partial charge is 0.288 e. The van der Waals surface area contributed by atoms with Crippen molar-refractivity contribution < 1.29 is 9.18 Å². The third-order valence-electron chi connectivity index (χ3n) is 2.52. The topological polar surface area (TPSA) is 34.9 Å². The van der Waals surface area contributed by atoms with Crippen LogP contribution in [-0.2, 0) is 6.54 Å². The molecule has 3 nitrogen and oxygen atoms in total. The molecule has 0 N–H and O–H groups in total. The van der Waals surface area contributed by atoms with E-state index in [1.165, 1.54) is 18.3 Å². The minimum Gasteiger partial charge on any atom is -0.288 e. The minimum atomic E-state index is -0.530. The van der Waals surface area contributed by atoms with E-state index in [4.69, 9.17) is 0 Å². The van der Waals surface area contributed by atoms with Crippen LogP contribution in [-0.4, -0.2) is 15.6 Å². The van der Waals surface area contributed by atoms with Crippen LogP contribution in [0.1, 0.15) is 29.3 Å². The first kappa shape index (κ1) is 13.0. The van der Waals surface area contributed by atoms with E-state index >= 15 is 0 Å². The zero-order chi connectivity index (χ0) is 13.1. The summed E-state index contributed by atoms with van der Waals surface area (Å²) >= 11 is 3.16. The lowest BCUT2D eigenvalue weighted by molar-refractivity contribution is 0.103. The number of hydrogen-bond acceptors (Lipinski definition) is 2. The average Bonchev–Trinajstić information content (AvgIpc) is 2.77. The van der Waals surface area contributed by atoms with Gasteiger partial charge in [0.2, 0.25) is 0 Å². The molecule has 0 aliphatic heterocycles. The van der Waals surface area contributed by atoms with E-state index in [1.54, 1.807) is 16.9 Å². The predicted molar refractivity (Wildman–Crippen MR) is 70.1 cm³/mol. The predicted octanol–water partition coefficient (Wildman–Crippen LogP) is 3.43. The molecular formula is C13H12BrFN2O. The zero-order valence-electron chi connectivity index (χ0n) is 9.86. The average molecular weight is 311 g/mol. The first-order valence-electron chi connectivity index (χ1n) is 5.64. The Morgan fingerprint density at radius 3 is 2.94 bits per heavy atom. The summed E-state index contributed by atoms with van der Waals surface area (Å²) in [5, 5.41) is 4.06. The van der Waals surface area contributed by atoms with Crippen molar-refractivity contribution in [2.45, 2.75) is 19.9 Å². The Morgan fingerprint density at radius 1 is 1.50 bits per heavy atom. The van der Waals surface area contributed by atoms with E-state index in [0.29, 0.717) is 10.0 Å². The molecule has 1 heterocycles. The Labute approximate surface area is 113 Å². The Balaban J connectivity index is 2.29. The summed E-state index contributed by atoms with van der Waals surface area (Å²) in [7, 11) is 0. The van der Waals surface area contributed by atoms with Gasteiger partial charge in [0.1, 0.15) is 5.82 Å². The van der Waals surface area contributed by atoms with Crippen LogP contribution in [0.3, 0.4) is 0 Å². The van der Waals surface area contributed by atoms with Gasteiger partial charge in [0.15, 0.2) is 5.78 Å². The number of rotatable bonds is 4. The van der Waals surface area contributed by atoms with Gasteiger partial charge in [-0.05, 0) is 24.6 Å². The molecule has 1 aromatic carbocycles. The third kappa shape index (κ3) is 2.67. The Kier molecular flexibility index (Phi) is 3.91. The second-order valence-electron chi connectivity index (χ2n) is 3.95. The maximum Gasteiger partial charge on any atom is 0.199 e. The number of carbonyl (C=O) groups excluding carboxylic acids is 1. The van der Waals surface area contributed by atoms with Crippen LogP contribution in [0.5, 0.6) is 0 Å². The van der Waals surface area contributed by atoms with Crippen molar-refractivity contribution in [3.8, 4) is 0 Å². The summed E-state index contributed by atoms with van der Waals surface area (Å²) in [6.45, 7) is 2.77. The van der Waals surface area contributed by atoms with Gasteiger partial charge in [-0.15, -0.1) is 0 Å². The van der Waals surface area contributed by atoms with Gasteiger partial charge in [0.05, 0.1) is 17.3 Å². The summed E-state index contributed by atoms with van der Waals surface area (Å²) in [5.74, 6) is -0.875. The van der Waals surface area contributed by atoms with E-state index in [0.717, 1.165) is 13.0 Å². The first-order valence-corrected chi connectivity index (χ1v) is 6.43. The molecular weight excluding hydrogens is 299 g/mol. The molecule has 94 valence electrons. The second kappa shape index (κ2) is 5.44. The van der Waals surface area contributed by atoms with E-state index in [2.05, 4.69) is 21.0 Å². The fourth-order valence-electron chi connectivity index (χ4n) is 1.66. The van der Waals surface area contributed by atoms with Gasteiger partial charge < -0.3 is 0 Å². The number of benzene rings is 1. The van der Waals surface area contributed by atoms with Crippen LogP contribution in [0.4, 0.5) is 4.39 Å². The van der Waals surface area contributed by atoms with Crippen LogP contribution >= 0.6 is 15.9 Å². The summed E-state index contributed by atoms with van der Waals surface area (Å²) in [6.07, 6.45) is 4.05. The standard InChI is InChI=1S/C13H12BrFN2O/c1-2-5-17-8-9(7-16-17)13(18)11-4-3-10(14)6-12(11)15/h3-4,6-8H,2,5H2,1H3. The van der Waals surface area contributed by atoms with Crippen molar-refractivity contribution in [2.24, 2.45) is 0 Å². The molecule has 0 unspecified atom stereocenters. The SMILES string of the molecule is CCCn1cc(C(=O)c2ccc(Br)cc2F)cn1. The van der Waals surface area contributed by atoms with Gasteiger partial charge in [-0.25, -0.2) is 4.39 Å². The molecule has 0 amide bonds. The minimum absolute atomic E-state index is 0.0641. The molecule has 0 radical (unpaired) electrons. The highest BCUT2D eigenvalue weighted by atomic mass is 79.9. The molecule has 5 heteroatoms. The molecule has 0 saturated carbocycles. The number of aromatic nitrogens is 2. The number of carbonyl (C=O) groups is 1. The number of ketones is 1. The lowest BCUT2D eigenvalue weighted by Crippen LogP contribution is -2.03. The lowest BCUT2D eigenvalue weighted by Gasteiger charge is -2.01. The van der Waals surface area contributed by atoms with Gasteiger partial charge in [-0.3, -0.25) is 9.48 Å².